The van der Waals surface area contributed by atoms with Crippen LogP contribution < -0.4 is 5.32 Å². The predicted molar refractivity (Wildman–Crippen MR) is 99.7 cm³/mol. The first-order chi connectivity index (χ1) is 13.3. The molecule has 0 radical (unpaired) electrons. The van der Waals surface area contributed by atoms with Crippen molar-refractivity contribution < 1.29 is 18.4 Å². The highest BCUT2D eigenvalue weighted by Gasteiger charge is 2.36. The van der Waals surface area contributed by atoms with E-state index >= 15 is 0 Å². The molecule has 0 spiro atoms. The SMILES string of the molecule is Cc1ccc(C(=O)C2CC(=O)Nc3c2c(C)nn3-c2ccc(F)cc2F)cc1. The lowest BCUT2D eigenvalue weighted by Crippen LogP contribution is -2.28. The van der Waals surface area contributed by atoms with Gasteiger partial charge in [-0.3, -0.25) is 9.59 Å². The third kappa shape index (κ3) is 2.98. The van der Waals surface area contributed by atoms with Crippen LogP contribution in [0, 0.1) is 25.5 Å². The molecule has 0 fully saturated rings. The zero-order chi connectivity index (χ0) is 20.0. The normalized spacial score (nSPS) is 15.9. The Bertz CT molecular complexity index is 1100. The Kier molecular flexibility index (Phi) is 4.30. The number of anilines is 1. The van der Waals surface area contributed by atoms with E-state index in [1.165, 1.54) is 10.7 Å². The van der Waals surface area contributed by atoms with Gasteiger partial charge in [-0.1, -0.05) is 29.8 Å². The Labute approximate surface area is 160 Å². The topological polar surface area (TPSA) is 64.0 Å². The maximum atomic E-state index is 14.3. The van der Waals surface area contributed by atoms with E-state index in [4.69, 9.17) is 0 Å². The number of halogens is 2. The highest BCUT2D eigenvalue weighted by molar-refractivity contribution is 6.08. The number of fused-ring (bicyclic) bond motifs is 1. The molecule has 7 heteroatoms. The number of carbonyl (C=O) groups excluding carboxylic acids is 2. The van der Waals surface area contributed by atoms with Crippen molar-refractivity contribution in [2.75, 3.05) is 5.32 Å². The van der Waals surface area contributed by atoms with Crippen molar-refractivity contribution in [3.8, 4) is 5.69 Å². The molecule has 2 heterocycles. The van der Waals surface area contributed by atoms with Gasteiger partial charge in [-0.15, -0.1) is 0 Å². The predicted octanol–water partition coefficient (Wildman–Crippen LogP) is 4.08. The van der Waals surface area contributed by atoms with Crippen LogP contribution in [0.4, 0.5) is 14.6 Å². The summed E-state index contributed by atoms with van der Waals surface area (Å²) in [7, 11) is 0. The fourth-order valence-electron chi connectivity index (χ4n) is 3.52. The third-order valence-electron chi connectivity index (χ3n) is 4.89. The fourth-order valence-corrected chi connectivity index (χ4v) is 3.52. The molecule has 2 aromatic carbocycles. The second-order valence-electron chi connectivity index (χ2n) is 6.89. The van der Waals surface area contributed by atoms with Gasteiger partial charge in [-0.05, 0) is 26.0 Å². The number of Topliss-reactive ketones (excluding diaryl/α,β-unsaturated/α-hetero) is 1. The first-order valence-electron chi connectivity index (χ1n) is 8.81. The average Bonchev–Trinajstić information content (AvgIpc) is 2.97. The van der Waals surface area contributed by atoms with Gasteiger partial charge in [0.15, 0.2) is 11.6 Å². The molecule has 4 rings (SSSR count). The van der Waals surface area contributed by atoms with E-state index in [1.807, 2.05) is 19.1 Å². The van der Waals surface area contributed by atoms with Crippen LogP contribution >= 0.6 is 0 Å². The molecule has 3 aromatic rings. The molecule has 1 atom stereocenters. The number of hydrogen-bond donors (Lipinski definition) is 1. The van der Waals surface area contributed by atoms with Crippen molar-refractivity contribution in [2.45, 2.75) is 26.2 Å². The molecule has 5 nitrogen and oxygen atoms in total. The number of rotatable bonds is 3. The zero-order valence-corrected chi connectivity index (χ0v) is 15.3. The number of nitrogens with one attached hydrogen (secondary N) is 1. The molecule has 0 saturated heterocycles. The number of ketones is 1. The minimum Gasteiger partial charge on any atom is -0.310 e. The summed E-state index contributed by atoms with van der Waals surface area (Å²) in [4.78, 5) is 25.4. The van der Waals surface area contributed by atoms with Crippen LogP contribution in [0.3, 0.4) is 0 Å². The zero-order valence-electron chi connectivity index (χ0n) is 15.3. The van der Waals surface area contributed by atoms with Crippen LogP contribution in [0.1, 0.15) is 39.5 Å². The number of carbonyl (C=O) groups is 2. The van der Waals surface area contributed by atoms with Gasteiger partial charge in [0.2, 0.25) is 5.91 Å². The maximum Gasteiger partial charge on any atom is 0.226 e. The van der Waals surface area contributed by atoms with Crippen molar-refractivity contribution in [1.82, 2.24) is 9.78 Å². The van der Waals surface area contributed by atoms with Gasteiger partial charge >= 0.3 is 0 Å². The first-order valence-corrected chi connectivity index (χ1v) is 8.81. The van der Waals surface area contributed by atoms with Crippen molar-refractivity contribution in [3.63, 3.8) is 0 Å². The smallest absolute Gasteiger partial charge is 0.226 e. The highest BCUT2D eigenvalue weighted by Crippen LogP contribution is 2.38. The van der Waals surface area contributed by atoms with Crippen molar-refractivity contribution in [1.29, 1.82) is 0 Å². The molecule has 1 N–H and O–H groups in total. The van der Waals surface area contributed by atoms with Gasteiger partial charge < -0.3 is 5.32 Å². The fraction of sp³-hybridized carbons (Fsp3) is 0.190. The molecule has 142 valence electrons. The van der Waals surface area contributed by atoms with Gasteiger partial charge in [0, 0.05) is 23.6 Å². The Morgan fingerprint density at radius 3 is 2.54 bits per heavy atom. The van der Waals surface area contributed by atoms with Crippen LogP contribution in [0.2, 0.25) is 0 Å². The monoisotopic (exact) mass is 381 g/mol. The molecule has 1 aliphatic heterocycles. The van der Waals surface area contributed by atoms with Crippen LogP contribution in [-0.4, -0.2) is 21.5 Å². The Hall–Kier alpha value is -3.35. The quantitative estimate of drug-likeness (QED) is 0.696. The number of amides is 1. The van der Waals surface area contributed by atoms with Gasteiger partial charge in [0.1, 0.15) is 17.3 Å². The molecule has 0 aliphatic carbocycles. The van der Waals surface area contributed by atoms with Gasteiger partial charge in [0.25, 0.3) is 0 Å². The number of benzene rings is 2. The van der Waals surface area contributed by atoms with Crippen molar-refractivity contribution in [3.05, 3.63) is 76.5 Å². The van der Waals surface area contributed by atoms with Gasteiger partial charge in [-0.25, -0.2) is 13.5 Å². The molecule has 1 amide bonds. The number of hydrogen-bond acceptors (Lipinski definition) is 3. The highest BCUT2D eigenvalue weighted by atomic mass is 19.1. The van der Waals surface area contributed by atoms with E-state index in [0.717, 1.165) is 17.7 Å². The lowest BCUT2D eigenvalue weighted by molar-refractivity contribution is -0.116. The van der Waals surface area contributed by atoms with E-state index in [1.54, 1.807) is 19.1 Å². The van der Waals surface area contributed by atoms with E-state index in [-0.39, 0.29) is 29.6 Å². The summed E-state index contributed by atoms with van der Waals surface area (Å²) >= 11 is 0. The summed E-state index contributed by atoms with van der Waals surface area (Å²) in [6, 6.07) is 10.2. The lowest BCUT2D eigenvalue weighted by Gasteiger charge is -2.23. The molecule has 1 unspecified atom stereocenters. The molecule has 28 heavy (non-hydrogen) atoms. The molecule has 1 aromatic heterocycles. The van der Waals surface area contributed by atoms with E-state index in [2.05, 4.69) is 10.4 Å². The van der Waals surface area contributed by atoms with E-state index < -0.39 is 17.6 Å². The average molecular weight is 381 g/mol. The van der Waals surface area contributed by atoms with Crippen LogP contribution in [0.25, 0.3) is 5.69 Å². The van der Waals surface area contributed by atoms with Crippen LogP contribution in [0.15, 0.2) is 42.5 Å². The largest absolute Gasteiger partial charge is 0.310 e. The second-order valence-corrected chi connectivity index (χ2v) is 6.89. The molecule has 0 saturated carbocycles. The second kappa shape index (κ2) is 6.67. The molecular weight excluding hydrogens is 364 g/mol. The standard InChI is InChI=1S/C21H17F2N3O2/c1-11-3-5-13(6-4-11)20(28)15-10-18(27)24-21-19(15)12(2)25-26(21)17-8-7-14(22)9-16(17)23/h3-9,15H,10H2,1-2H3,(H,24,27). The number of aromatic nitrogens is 2. The third-order valence-corrected chi connectivity index (χ3v) is 4.89. The Morgan fingerprint density at radius 2 is 1.86 bits per heavy atom. The Morgan fingerprint density at radius 1 is 1.14 bits per heavy atom. The molecule has 0 bridgehead atoms. The summed E-state index contributed by atoms with van der Waals surface area (Å²) in [5.41, 5.74) is 2.57. The number of nitrogens with zero attached hydrogens (tertiary/aromatic N) is 2. The summed E-state index contributed by atoms with van der Waals surface area (Å²) in [5.74, 6) is -2.56. The molecular formula is C21H17F2N3O2. The summed E-state index contributed by atoms with van der Waals surface area (Å²) in [6.07, 6.45) is -0.0157. The summed E-state index contributed by atoms with van der Waals surface area (Å²) < 4.78 is 28.8. The van der Waals surface area contributed by atoms with E-state index in [0.29, 0.717) is 16.8 Å². The minimum absolute atomic E-state index is 0.00511. The van der Waals surface area contributed by atoms with Crippen molar-refractivity contribution in [2.24, 2.45) is 0 Å². The first kappa shape index (κ1) is 18.0. The Balaban J connectivity index is 1.83. The van der Waals surface area contributed by atoms with E-state index in [9.17, 15) is 18.4 Å². The van der Waals surface area contributed by atoms with Crippen LogP contribution in [-0.2, 0) is 4.79 Å². The van der Waals surface area contributed by atoms with Crippen molar-refractivity contribution >= 4 is 17.5 Å². The summed E-state index contributed by atoms with van der Waals surface area (Å²) in [6.45, 7) is 3.62. The maximum absolute atomic E-state index is 14.3. The minimum atomic E-state index is -0.813. The summed E-state index contributed by atoms with van der Waals surface area (Å²) in [5, 5.41) is 7.00. The lowest BCUT2D eigenvalue weighted by atomic mass is 9.85. The van der Waals surface area contributed by atoms with Crippen LogP contribution in [0.5, 0.6) is 0 Å². The molecule has 1 aliphatic rings. The number of aryl methyl sites for hydroxylation is 2. The van der Waals surface area contributed by atoms with Gasteiger partial charge in [-0.2, -0.15) is 5.10 Å². The van der Waals surface area contributed by atoms with Gasteiger partial charge in [0.05, 0.1) is 11.6 Å².